The molecule has 2 aromatic rings. The minimum Gasteiger partial charge on any atom is -0.339 e. The number of piperidine rings is 1. The SMILES string of the molecule is O=C(NC1CCN(c2ccccc2F)C1=O)c1cn(C2CCNCC2)nn1. The summed E-state index contributed by atoms with van der Waals surface area (Å²) in [6, 6.07) is 5.66. The first-order valence-corrected chi connectivity index (χ1v) is 9.13. The van der Waals surface area contributed by atoms with Crippen molar-refractivity contribution in [2.24, 2.45) is 0 Å². The van der Waals surface area contributed by atoms with Crippen molar-refractivity contribution in [2.45, 2.75) is 31.3 Å². The predicted octanol–water partition coefficient (Wildman–Crippen LogP) is 0.877. The van der Waals surface area contributed by atoms with Gasteiger partial charge in [-0.25, -0.2) is 9.07 Å². The number of aromatic nitrogens is 3. The Labute approximate surface area is 155 Å². The molecule has 2 aliphatic heterocycles. The highest BCUT2D eigenvalue weighted by Gasteiger charge is 2.35. The molecule has 2 amide bonds. The number of halogens is 1. The molecule has 27 heavy (non-hydrogen) atoms. The van der Waals surface area contributed by atoms with Crippen LogP contribution in [0.3, 0.4) is 0 Å². The first-order valence-electron chi connectivity index (χ1n) is 9.13. The molecule has 1 unspecified atom stereocenters. The Hall–Kier alpha value is -2.81. The third-order valence-electron chi connectivity index (χ3n) is 5.08. The summed E-state index contributed by atoms with van der Waals surface area (Å²) in [5, 5.41) is 14.0. The maximum Gasteiger partial charge on any atom is 0.274 e. The topological polar surface area (TPSA) is 92.2 Å². The molecule has 9 heteroatoms. The average molecular weight is 372 g/mol. The van der Waals surface area contributed by atoms with Crippen molar-refractivity contribution in [1.29, 1.82) is 0 Å². The first-order chi connectivity index (χ1) is 13.1. The number of carbonyl (C=O) groups is 2. The Morgan fingerprint density at radius 2 is 2.00 bits per heavy atom. The number of rotatable bonds is 4. The van der Waals surface area contributed by atoms with E-state index in [1.807, 2.05) is 0 Å². The normalized spacial score (nSPS) is 20.9. The Bertz CT molecular complexity index is 848. The second-order valence-corrected chi connectivity index (χ2v) is 6.82. The summed E-state index contributed by atoms with van der Waals surface area (Å²) in [5.41, 5.74) is 0.418. The van der Waals surface area contributed by atoms with Gasteiger partial charge in [-0.2, -0.15) is 0 Å². The fraction of sp³-hybridized carbons (Fsp3) is 0.444. The molecule has 0 radical (unpaired) electrons. The maximum absolute atomic E-state index is 13.9. The highest BCUT2D eigenvalue weighted by molar-refractivity contribution is 6.03. The van der Waals surface area contributed by atoms with Gasteiger partial charge < -0.3 is 15.5 Å². The standard InChI is InChI=1S/C18H21FN6O2/c19-13-3-1-2-4-16(13)24-10-7-14(18(24)27)21-17(26)15-11-25(23-22-15)12-5-8-20-9-6-12/h1-4,11-12,14,20H,5-10H2,(H,21,26). The van der Waals surface area contributed by atoms with Crippen LogP contribution in [0, 0.1) is 5.82 Å². The van der Waals surface area contributed by atoms with Gasteiger partial charge in [-0.1, -0.05) is 17.3 Å². The summed E-state index contributed by atoms with van der Waals surface area (Å²) < 4.78 is 15.7. The fourth-order valence-electron chi connectivity index (χ4n) is 3.59. The molecule has 2 aliphatic rings. The van der Waals surface area contributed by atoms with Crippen LogP contribution in [0.4, 0.5) is 10.1 Å². The van der Waals surface area contributed by atoms with Gasteiger partial charge in [-0.05, 0) is 44.5 Å². The number of nitrogens with zero attached hydrogens (tertiary/aromatic N) is 4. The van der Waals surface area contributed by atoms with Gasteiger partial charge >= 0.3 is 0 Å². The molecule has 0 spiro atoms. The van der Waals surface area contributed by atoms with Crippen molar-refractivity contribution in [2.75, 3.05) is 24.5 Å². The Balaban J connectivity index is 1.41. The summed E-state index contributed by atoms with van der Waals surface area (Å²) in [7, 11) is 0. The Morgan fingerprint density at radius 3 is 2.78 bits per heavy atom. The quantitative estimate of drug-likeness (QED) is 0.831. The summed E-state index contributed by atoms with van der Waals surface area (Å²) in [6.45, 7) is 2.18. The van der Waals surface area contributed by atoms with Gasteiger partial charge in [-0.15, -0.1) is 5.10 Å². The number of para-hydroxylation sites is 1. The van der Waals surface area contributed by atoms with Crippen LogP contribution in [0.1, 0.15) is 35.8 Å². The molecule has 2 saturated heterocycles. The van der Waals surface area contributed by atoms with Crippen LogP contribution in [-0.4, -0.2) is 52.5 Å². The molecular weight excluding hydrogens is 351 g/mol. The van der Waals surface area contributed by atoms with Crippen molar-refractivity contribution in [3.05, 3.63) is 42.0 Å². The second-order valence-electron chi connectivity index (χ2n) is 6.82. The van der Waals surface area contributed by atoms with E-state index >= 15 is 0 Å². The minimum absolute atomic E-state index is 0.186. The van der Waals surface area contributed by atoms with E-state index in [2.05, 4.69) is 20.9 Å². The molecule has 1 aromatic carbocycles. The lowest BCUT2D eigenvalue weighted by Crippen LogP contribution is -2.41. The maximum atomic E-state index is 13.9. The summed E-state index contributed by atoms with van der Waals surface area (Å²) >= 11 is 0. The molecular formula is C18H21FN6O2. The number of carbonyl (C=O) groups excluding carboxylic acids is 2. The largest absolute Gasteiger partial charge is 0.339 e. The highest BCUT2D eigenvalue weighted by atomic mass is 19.1. The van der Waals surface area contributed by atoms with E-state index in [-0.39, 0.29) is 23.3 Å². The van der Waals surface area contributed by atoms with Crippen molar-refractivity contribution in [3.63, 3.8) is 0 Å². The number of anilines is 1. The Kier molecular flexibility index (Phi) is 4.85. The van der Waals surface area contributed by atoms with Crippen molar-refractivity contribution < 1.29 is 14.0 Å². The van der Waals surface area contributed by atoms with Crippen LogP contribution in [-0.2, 0) is 4.79 Å². The summed E-state index contributed by atoms with van der Waals surface area (Å²) in [5.74, 6) is -1.22. The molecule has 0 aliphatic carbocycles. The minimum atomic E-state index is -0.693. The van der Waals surface area contributed by atoms with Gasteiger partial charge in [0.15, 0.2) is 5.69 Å². The highest BCUT2D eigenvalue weighted by Crippen LogP contribution is 2.24. The van der Waals surface area contributed by atoms with E-state index in [4.69, 9.17) is 0 Å². The molecule has 4 rings (SSSR count). The lowest BCUT2D eigenvalue weighted by molar-refractivity contribution is -0.118. The molecule has 142 valence electrons. The number of hydrogen-bond donors (Lipinski definition) is 2. The van der Waals surface area contributed by atoms with Crippen LogP contribution < -0.4 is 15.5 Å². The van der Waals surface area contributed by atoms with Crippen molar-refractivity contribution >= 4 is 17.5 Å². The van der Waals surface area contributed by atoms with Crippen LogP contribution in [0.2, 0.25) is 0 Å². The molecule has 3 heterocycles. The zero-order valence-electron chi connectivity index (χ0n) is 14.8. The third kappa shape index (κ3) is 3.55. The lowest BCUT2D eigenvalue weighted by atomic mass is 10.1. The van der Waals surface area contributed by atoms with Gasteiger partial charge in [0.05, 0.1) is 17.9 Å². The summed E-state index contributed by atoms with van der Waals surface area (Å²) in [6.07, 6.45) is 3.91. The van der Waals surface area contributed by atoms with Gasteiger partial charge in [-0.3, -0.25) is 9.59 Å². The third-order valence-corrected chi connectivity index (χ3v) is 5.08. The van der Waals surface area contributed by atoms with E-state index in [0.717, 1.165) is 25.9 Å². The van der Waals surface area contributed by atoms with Gasteiger partial charge in [0.25, 0.3) is 5.91 Å². The van der Waals surface area contributed by atoms with Gasteiger partial charge in [0, 0.05) is 6.54 Å². The van der Waals surface area contributed by atoms with Crippen LogP contribution in [0.15, 0.2) is 30.5 Å². The van der Waals surface area contributed by atoms with E-state index in [9.17, 15) is 14.0 Å². The van der Waals surface area contributed by atoms with Crippen LogP contribution >= 0.6 is 0 Å². The molecule has 8 nitrogen and oxygen atoms in total. The predicted molar refractivity (Wildman–Crippen MR) is 95.8 cm³/mol. The molecule has 2 N–H and O–H groups in total. The molecule has 1 atom stereocenters. The molecule has 0 bridgehead atoms. The van der Waals surface area contributed by atoms with E-state index < -0.39 is 17.8 Å². The van der Waals surface area contributed by atoms with Crippen molar-refractivity contribution in [3.8, 4) is 0 Å². The monoisotopic (exact) mass is 372 g/mol. The van der Waals surface area contributed by atoms with Gasteiger partial charge in [0.1, 0.15) is 11.9 Å². The zero-order valence-corrected chi connectivity index (χ0v) is 14.8. The second kappa shape index (κ2) is 7.43. The number of benzene rings is 1. The fourth-order valence-corrected chi connectivity index (χ4v) is 3.59. The zero-order chi connectivity index (χ0) is 18.8. The smallest absolute Gasteiger partial charge is 0.274 e. The van der Waals surface area contributed by atoms with Crippen molar-refractivity contribution in [1.82, 2.24) is 25.6 Å². The van der Waals surface area contributed by atoms with E-state index in [1.54, 1.807) is 29.1 Å². The Morgan fingerprint density at radius 1 is 1.22 bits per heavy atom. The molecule has 2 fully saturated rings. The first kappa shape index (κ1) is 17.6. The van der Waals surface area contributed by atoms with E-state index in [0.29, 0.717) is 13.0 Å². The van der Waals surface area contributed by atoms with Crippen LogP contribution in [0.25, 0.3) is 0 Å². The lowest BCUT2D eigenvalue weighted by Gasteiger charge is -2.22. The van der Waals surface area contributed by atoms with Crippen LogP contribution in [0.5, 0.6) is 0 Å². The molecule has 1 aromatic heterocycles. The average Bonchev–Trinajstić information content (AvgIpc) is 3.31. The number of hydrogen-bond acceptors (Lipinski definition) is 5. The number of amides is 2. The summed E-state index contributed by atoms with van der Waals surface area (Å²) in [4.78, 5) is 26.4. The molecule has 0 saturated carbocycles. The number of nitrogens with one attached hydrogen (secondary N) is 2. The van der Waals surface area contributed by atoms with Gasteiger partial charge in [0.2, 0.25) is 5.91 Å². The van der Waals surface area contributed by atoms with E-state index in [1.165, 1.54) is 11.0 Å².